The minimum Gasteiger partial charge on any atom is -0.355 e. The minimum atomic E-state index is 0.0606. The third-order valence-corrected chi connectivity index (χ3v) is 6.73. The molecule has 1 aliphatic heterocycles. The lowest BCUT2D eigenvalue weighted by Gasteiger charge is -2.21. The SMILES string of the molecule is CCn1c(CN2CCCCCC2=O)nnc1SCC(=O)NCC1CCCCC1. The molecule has 0 spiro atoms. The first-order valence-electron chi connectivity index (χ1n) is 10.8. The lowest BCUT2D eigenvalue weighted by molar-refractivity contribution is -0.131. The highest BCUT2D eigenvalue weighted by Crippen LogP contribution is 2.23. The average Bonchev–Trinajstić information content (AvgIpc) is 2.99. The summed E-state index contributed by atoms with van der Waals surface area (Å²) in [6, 6.07) is 0. The van der Waals surface area contributed by atoms with Crippen LogP contribution in [0.2, 0.25) is 0 Å². The van der Waals surface area contributed by atoms with Crippen molar-refractivity contribution in [3.63, 3.8) is 0 Å². The van der Waals surface area contributed by atoms with Crippen LogP contribution >= 0.6 is 11.8 Å². The number of aromatic nitrogens is 3. The standard InChI is InChI=1S/C20H33N5O2S/c1-2-25-17(14-24-12-8-4-7-11-19(24)27)22-23-20(25)28-15-18(26)21-13-16-9-5-3-6-10-16/h16H,2-15H2,1H3,(H,21,26). The van der Waals surface area contributed by atoms with Crippen LogP contribution in [0.4, 0.5) is 0 Å². The molecule has 156 valence electrons. The zero-order chi connectivity index (χ0) is 19.8. The van der Waals surface area contributed by atoms with Crippen LogP contribution < -0.4 is 5.32 Å². The highest BCUT2D eigenvalue weighted by Gasteiger charge is 2.21. The number of hydrogen-bond donors (Lipinski definition) is 1. The van der Waals surface area contributed by atoms with Gasteiger partial charge in [-0.1, -0.05) is 37.4 Å². The predicted octanol–water partition coefficient (Wildman–Crippen LogP) is 2.99. The molecule has 0 atom stereocenters. The Kier molecular flexibility index (Phi) is 8.18. The summed E-state index contributed by atoms with van der Waals surface area (Å²) in [6.45, 7) is 4.87. The molecule has 28 heavy (non-hydrogen) atoms. The Hall–Kier alpha value is -1.57. The maximum atomic E-state index is 12.3. The van der Waals surface area contributed by atoms with Gasteiger partial charge in [0.05, 0.1) is 12.3 Å². The molecule has 2 aliphatic rings. The zero-order valence-electron chi connectivity index (χ0n) is 17.0. The predicted molar refractivity (Wildman–Crippen MR) is 110 cm³/mol. The van der Waals surface area contributed by atoms with Gasteiger partial charge < -0.3 is 14.8 Å². The second kappa shape index (κ2) is 10.8. The van der Waals surface area contributed by atoms with E-state index in [1.807, 2.05) is 16.4 Å². The number of nitrogens with one attached hydrogen (secondary N) is 1. The Bertz CT molecular complexity index is 657. The molecular formula is C20H33N5O2S. The molecule has 1 N–H and O–H groups in total. The number of nitrogens with zero attached hydrogens (tertiary/aromatic N) is 4. The second-order valence-corrected chi connectivity index (χ2v) is 8.81. The highest BCUT2D eigenvalue weighted by molar-refractivity contribution is 7.99. The Labute approximate surface area is 172 Å². The lowest BCUT2D eigenvalue weighted by atomic mass is 9.89. The number of hydrogen-bond acceptors (Lipinski definition) is 5. The van der Waals surface area contributed by atoms with Crippen molar-refractivity contribution in [1.29, 1.82) is 0 Å². The summed E-state index contributed by atoms with van der Waals surface area (Å²) >= 11 is 1.43. The topological polar surface area (TPSA) is 80.1 Å². The smallest absolute Gasteiger partial charge is 0.230 e. The van der Waals surface area contributed by atoms with E-state index in [2.05, 4.69) is 15.5 Å². The molecule has 0 bridgehead atoms. The largest absolute Gasteiger partial charge is 0.355 e. The maximum absolute atomic E-state index is 12.3. The molecule has 1 aliphatic carbocycles. The lowest BCUT2D eigenvalue weighted by Crippen LogP contribution is -2.31. The van der Waals surface area contributed by atoms with Gasteiger partial charge in [0.15, 0.2) is 11.0 Å². The molecule has 1 saturated carbocycles. The van der Waals surface area contributed by atoms with Crippen molar-refractivity contribution in [2.24, 2.45) is 5.92 Å². The zero-order valence-corrected chi connectivity index (χ0v) is 17.8. The Morgan fingerprint density at radius 3 is 2.71 bits per heavy atom. The van der Waals surface area contributed by atoms with Gasteiger partial charge in [-0.05, 0) is 38.5 Å². The van der Waals surface area contributed by atoms with Gasteiger partial charge in [-0.2, -0.15) is 0 Å². The van der Waals surface area contributed by atoms with Crippen molar-refractivity contribution < 1.29 is 9.59 Å². The molecule has 0 aromatic carbocycles. The van der Waals surface area contributed by atoms with E-state index in [0.717, 1.165) is 49.9 Å². The Balaban J connectivity index is 1.50. The molecule has 7 nitrogen and oxygen atoms in total. The van der Waals surface area contributed by atoms with Crippen molar-refractivity contribution in [3.05, 3.63) is 5.82 Å². The molecule has 0 radical (unpaired) electrons. The molecule has 3 rings (SSSR count). The van der Waals surface area contributed by atoms with E-state index in [9.17, 15) is 9.59 Å². The first-order valence-corrected chi connectivity index (χ1v) is 11.7. The van der Waals surface area contributed by atoms with Crippen LogP contribution in [0.3, 0.4) is 0 Å². The number of carbonyl (C=O) groups is 2. The highest BCUT2D eigenvalue weighted by atomic mass is 32.2. The molecule has 2 fully saturated rings. The van der Waals surface area contributed by atoms with Crippen molar-refractivity contribution in [1.82, 2.24) is 25.0 Å². The van der Waals surface area contributed by atoms with Crippen LogP contribution in [0.15, 0.2) is 5.16 Å². The van der Waals surface area contributed by atoms with Crippen molar-refractivity contribution in [3.8, 4) is 0 Å². The molecule has 2 amide bonds. The fraction of sp³-hybridized carbons (Fsp3) is 0.800. The van der Waals surface area contributed by atoms with E-state index in [1.165, 1.54) is 43.9 Å². The number of carbonyl (C=O) groups excluding carboxylic acids is 2. The van der Waals surface area contributed by atoms with Crippen molar-refractivity contribution >= 4 is 23.6 Å². The maximum Gasteiger partial charge on any atom is 0.230 e. The number of likely N-dealkylation sites (tertiary alicyclic amines) is 1. The summed E-state index contributed by atoms with van der Waals surface area (Å²) in [4.78, 5) is 26.4. The van der Waals surface area contributed by atoms with Gasteiger partial charge in [0.2, 0.25) is 11.8 Å². The number of amides is 2. The van der Waals surface area contributed by atoms with E-state index in [1.54, 1.807) is 0 Å². The van der Waals surface area contributed by atoms with Gasteiger partial charge in [0.25, 0.3) is 0 Å². The normalized spacial score (nSPS) is 18.9. The molecule has 1 aromatic rings. The third-order valence-electron chi connectivity index (χ3n) is 5.76. The monoisotopic (exact) mass is 407 g/mol. The van der Waals surface area contributed by atoms with Gasteiger partial charge >= 0.3 is 0 Å². The van der Waals surface area contributed by atoms with Crippen molar-refractivity contribution in [2.45, 2.75) is 83.0 Å². The molecule has 8 heteroatoms. The first kappa shape index (κ1) is 21.1. The fourth-order valence-electron chi connectivity index (χ4n) is 4.07. The van der Waals surface area contributed by atoms with E-state index < -0.39 is 0 Å². The number of rotatable bonds is 8. The van der Waals surface area contributed by atoms with Gasteiger partial charge in [0.1, 0.15) is 0 Å². The van der Waals surface area contributed by atoms with Gasteiger partial charge in [-0.25, -0.2) is 0 Å². The third kappa shape index (κ3) is 5.96. The molecule has 2 heterocycles. The van der Waals surface area contributed by atoms with Crippen LogP contribution in [0.1, 0.15) is 70.5 Å². The minimum absolute atomic E-state index is 0.0606. The average molecular weight is 408 g/mol. The summed E-state index contributed by atoms with van der Waals surface area (Å²) in [7, 11) is 0. The van der Waals surface area contributed by atoms with Crippen LogP contribution in [-0.2, 0) is 22.7 Å². The van der Waals surface area contributed by atoms with Crippen LogP contribution in [0, 0.1) is 5.92 Å². The Morgan fingerprint density at radius 2 is 1.93 bits per heavy atom. The van der Waals surface area contributed by atoms with E-state index >= 15 is 0 Å². The summed E-state index contributed by atoms with van der Waals surface area (Å²) in [5.41, 5.74) is 0. The van der Waals surface area contributed by atoms with Crippen LogP contribution in [0.5, 0.6) is 0 Å². The Morgan fingerprint density at radius 1 is 1.14 bits per heavy atom. The number of thioether (sulfide) groups is 1. The van der Waals surface area contributed by atoms with Gasteiger partial charge in [-0.3, -0.25) is 9.59 Å². The second-order valence-electron chi connectivity index (χ2n) is 7.87. The van der Waals surface area contributed by atoms with E-state index in [0.29, 0.717) is 24.6 Å². The van der Waals surface area contributed by atoms with Crippen molar-refractivity contribution in [2.75, 3.05) is 18.8 Å². The molecule has 1 saturated heterocycles. The van der Waals surface area contributed by atoms with E-state index in [4.69, 9.17) is 0 Å². The van der Waals surface area contributed by atoms with Gasteiger partial charge in [0, 0.05) is 26.1 Å². The summed E-state index contributed by atoms with van der Waals surface area (Å²) in [5, 5.41) is 12.4. The first-order chi connectivity index (χ1) is 13.7. The molecular weight excluding hydrogens is 374 g/mol. The molecule has 1 aromatic heterocycles. The summed E-state index contributed by atoms with van der Waals surface area (Å²) in [5.74, 6) is 2.07. The van der Waals surface area contributed by atoms with E-state index in [-0.39, 0.29) is 11.8 Å². The molecule has 0 unspecified atom stereocenters. The summed E-state index contributed by atoms with van der Waals surface area (Å²) < 4.78 is 2.03. The fourth-order valence-corrected chi connectivity index (χ4v) is 4.92. The van der Waals surface area contributed by atoms with Gasteiger partial charge in [-0.15, -0.1) is 10.2 Å². The van der Waals surface area contributed by atoms with Crippen LogP contribution in [-0.4, -0.2) is 50.3 Å². The van der Waals surface area contributed by atoms with Crippen LogP contribution in [0.25, 0.3) is 0 Å². The quantitative estimate of drug-likeness (QED) is 0.670. The summed E-state index contributed by atoms with van der Waals surface area (Å²) in [6.07, 6.45) is 10.1.